The average molecular weight is 301 g/mol. The molecule has 92 valence electrons. The first-order valence-corrected chi connectivity index (χ1v) is 6.10. The average Bonchev–Trinajstić information content (AvgIpc) is 2.66. The molecule has 0 saturated carbocycles. The molecule has 1 aromatic rings. The second-order valence-electron chi connectivity index (χ2n) is 4.17. The summed E-state index contributed by atoms with van der Waals surface area (Å²) in [6.07, 6.45) is 2.54. The summed E-state index contributed by atoms with van der Waals surface area (Å²) in [6.45, 7) is 1.89. The van der Waals surface area contributed by atoms with Crippen LogP contribution < -0.4 is 5.32 Å². The van der Waals surface area contributed by atoms with Gasteiger partial charge in [-0.05, 0) is 35.9 Å². The maximum absolute atomic E-state index is 10.9. The summed E-state index contributed by atoms with van der Waals surface area (Å²) in [5.74, 6) is 0.346. The van der Waals surface area contributed by atoms with Crippen LogP contribution in [0.4, 0.5) is 11.5 Å². The fraction of sp³-hybridized carbons (Fsp3) is 0.500. The number of anilines is 1. The van der Waals surface area contributed by atoms with E-state index in [4.69, 9.17) is 0 Å². The number of nitrogens with zero attached hydrogens (tertiary/aromatic N) is 3. The van der Waals surface area contributed by atoms with Crippen LogP contribution in [0.1, 0.15) is 6.42 Å². The van der Waals surface area contributed by atoms with E-state index < -0.39 is 4.92 Å². The zero-order valence-electron chi connectivity index (χ0n) is 9.39. The molecule has 0 bridgehead atoms. The van der Waals surface area contributed by atoms with Gasteiger partial charge < -0.3 is 10.2 Å². The Morgan fingerprint density at radius 3 is 3.06 bits per heavy atom. The number of nitrogens with one attached hydrogen (secondary N) is 1. The first kappa shape index (κ1) is 12.3. The number of rotatable bonds is 3. The highest BCUT2D eigenvalue weighted by Crippen LogP contribution is 2.26. The van der Waals surface area contributed by atoms with Crippen LogP contribution in [-0.4, -0.2) is 41.0 Å². The lowest BCUT2D eigenvalue weighted by Gasteiger charge is -2.13. The molecule has 0 spiro atoms. The van der Waals surface area contributed by atoms with Crippen molar-refractivity contribution in [2.75, 3.05) is 25.5 Å². The second-order valence-corrected chi connectivity index (χ2v) is 5.09. The lowest BCUT2D eigenvalue weighted by molar-refractivity contribution is -0.384. The van der Waals surface area contributed by atoms with Crippen LogP contribution in [0.2, 0.25) is 0 Å². The predicted octanol–water partition coefficient (Wildman–Crippen LogP) is 1.87. The fourth-order valence-corrected chi connectivity index (χ4v) is 2.24. The second kappa shape index (κ2) is 4.97. The lowest BCUT2D eigenvalue weighted by atomic mass is 10.2. The molecule has 0 aromatic carbocycles. The minimum Gasteiger partial charge on any atom is -0.360 e. The molecule has 6 nitrogen and oxygen atoms in total. The molecule has 0 aliphatic carbocycles. The molecule has 1 saturated heterocycles. The Morgan fingerprint density at radius 2 is 2.47 bits per heavy atom. The minimum absolute atomic E-state index is 0.00827. The van der Waals surface area contributed by atoms with Crippen LogP contribution in [-0.2, 0) is 0 Å². The van der Waals surface area contributed by atoms with Crippen LogP contribution in [0.25, 0.3) is 0 Å². The predicted molar refractivity (Wildman–Crippen MR) is 68.1 cm³/mol. The Morgan fingerprint density at radius 1 is 1.71 bits per heavy atom. The number of nitro groups is 1. The molecule has 1 atom stereocenters. The molecular formula is C10H13BrN4O2. The van der Waals surface area contributed by atoms with Crippen molar-refractivity contribution in [1.82, 2.24) is 9.88 Å². The van der Waals surface area contributed by atoms with Crippen molar-refractivity contribution in [2.24, 2.45) is 0 Å². The Labute approximate surface area is 107 Å². The molecule has 0 radical (unpaired) electrons. The Bertz CT molecular complexity index is 440. The first-order chi connectivity index (χ1) is 8.06. The van der Waals surface area contributed by atoms with Gasteiger partial charge >= 0.3 is 5.69 Å². The number of hydrogen-bond donors (Lipinski definition) is 1. The van der Waals surface area contributed by atoms with Crippen LogP contribution >= 0.6 is 15.9 Å². The van der Waals surface area contributed by atoms with Crippen molar-refractivity contribution in [3.63, 3.8) is 0 Å². The molecule has 1 aromatic heterocycles. The number of likely N-dealkylation sites (tertiary alicyclic amines) is 1. The van der Waals surface area contributed by atoms with E-state index >= 15 is 0 Å². The topological polar surface area (TPSA) is 71.3 Å². The summed E-state index contributed by atoms with van der Waals surface area (Å²) in [5.41, 5.74) is 0.00827. The van der Waals surface area contributed by atoms with E-state index in [1.54, 1.807) is 6.20 Å². The highest BCUT2D eigenvalue weighted by molar-refractivity contribution is 9.10. The smallest absolute Gasteiger partial charge is 0.312 e. The quantitative estimate of drug-likeness (QED) is 0.681. The van der Waals surface area contributed by atoms with Gasteiger partial charge in [0.25, 0.3) is 0 Å². The summed E-state index contributed by atoms with van der Waals surface area (Å²) in [7, 11) is 2.03. The maximum Gasteiger partial charge on any atom is 0.312 e. The number of pyridine rings is 1. The van der Waals surface area contributed by atoms with Gasteiger partial charge in [-0.1, -0.05) is 0 Å². The SMILES string of the molecule is CN1CCC(Nc2ncc(Br)cc2[N+](=O)[O-])C1. The third kappa shape index (κ3) is 2.92. The molecule has 0 amide bonds. The van der Waals surface area contributed by atoms with Gasteiger partial charge in [0.05, 0.1) is 4.92 Å². The van der Waals surface area contributed by atoms with E-state index in [9.17, 15) is 10.1 Å². The van der Waals surface area contributed by atoms with Gasteiger partial charge in [-0.3, -0.25) is 10.1 Å². The molecule has 7 heteroatoms. The van der Waals surface area contributed by atoms with E-state index in [0.29, 0.717) is 10.3 Å². The summed E-state index contributed by atoms with van der Waals surface area (Å²) >= 11 is 3.18. The Hall–Kier alpha value is -1.21. The maximum atomic E-state index is 10.9. The standard InChI is InChI=1S/C10H13BrN4O2/c1-14-3-2-8(6-14)13-10-9(15(16)17)4-7(11)5-12-10/h4-5,8H,2-3,6H2,1H3,(H,12,13). The largest absolute Gasteiger partial charge is 0.360 e. The monoisotopic (exact) mass is 300 g/mol. The van der Waals surface area contributed by atoms with Gasteiger partial charge in [-0.25, -0.2) is 4.98 Å². The lowest BCUT2D eigenvalue weighted by Crippen LogP contribution is -2.24. The Balaban J connectivity index is 2.17. The van der Waals surface area contributed by atoms with E-state index in [1.807, 2.05) is 7.05 Å². The number of likely N-dealkylation sites (N-methyl/N-ethyl adjacent to an activating group) is 1. The van der Waals surface area contributed by atoms with E-state index in [-0.39, 0.29) is 11.7 Å². The molecule has 2 rings (SSSR count). The minimum atomic E-state index is -0.418. The van der Waals surface area contributed by atoms with Crippen LogP contribution in [0.15, 0.2) is 16.7 Å². The van der Waals surface area contributed by atoms with E-state index in [1.165, 1.54) is 6.07 Å². The van der Waals surface area contributed by atoms with Crippen molar-refractivity contribution < 1.29 is 4.92 Å². The molecule has 2 heterocycles. The van der Waals surface area contributed by atoms with Gasteiger partial charge in [0.15, 0.2) is 0 Å². The van der Waals surface area contributed by atoms with Gasteiger partial charge in [-0.15, -0.1) is 0 Å². The van der Waals surface area contributed by atoms with Crippen LogP contribution in [0.3, 0.4) is 0 Å². The zero-order valence-corrected chi connectivity index (χ0v) is 11.0. The van der Waals surface area contributed by atoms with Crippen LogP contribution in [0.5, 0.6) is 0 Å². The normalized spacial score (nSPS) is 20.5. The third-order valence-corrected chi connectivity index (χ3v) is 3.20. The molecule has 1 aliphatic rings. The van der Waals surface area contributed by atoms with Gasteiger partial charge in [-0.2, -0.15) is 0 Å². The van der Waals surface area contributed by atoms with Crippen molar-refractivity contribution >= 4 is 27.4 Å². The van der Waals surface area contributed by atoms with E-state index in [2.05, 4.69) is 31.1 Å². The summed E-state index contributed by atoms with van der Waals surface area (Å²) in [5, 5.41) is 14.0. The Kier molecular flexibility index (Phi) is 3.58. The van der Waals surface area contributed by atoms with E-state index in [0.717, 1.165) is 19.5 Å². The highest BCUT2D eigenvalue weighted by Gasteiger charge is 2.23. The molecule has 1 fully saturated rings. The van der Waals surface area contributed by atoms with Gasteiger partial charge in [0, 0.05) is 29.3 Å². The summed E-state index contributed by atoms with van der Waals surface area (Å²) in [4.78, 5) is 16.7. The van der Waals surface area contributed by atoms with Crippen molar-refractivity contribution in [1.29, 1.82) is 0 Å². The number of halogens is 1. The summed E-state index contributed by atoms with van der Waals surface area (Å²) in [6, 6.07) is 1.70. The van der Waals surface area contributed by atoms with Crippen molar-refractivity contribution in [3.8, 4) is 0 Å². The molecule has 1 N–H and O–H groups in total. The summed E-state index contributed by atoms with van der Waals surface area (Å²) < 4.78 is 0.610. The molecular weight excluding hydrogens is 288 g/mol. The molecule has 17 heavy (non-hydrogen) atoms. The number of hydrogen-bond acceptors (Lipinski definition) is 5. The van der Waals surface area contributed by atoms with Crippen molar-refractivity contribution in [2.45, 2.75) is 12.5 Å². The van der Waals surface area contributed by atoms with Crippen LogP contribution in [0, 0.1) is 10.1 Å². The van der Waals surface area contributed by atoms with Gasteiger partial charge in [0.2, 0.25) is 5.82 Å². The first-order valence-electron chi connectivity index (χ1n) is 5.31. The fourth-order valence-electron chi connectivity index (χ4n) is 1.93. The molecule has 1 aliphatic heterocycles. The zero-order chi connectivity index (χ0) is 12.4. The number of aromatic nitrogens is 1. The molecule has 1 unspecified atom stereocenters. The van der Waals surface area contributed by atoms with Gasteiger partial charge in [0.1, 0.15) is 0 Å². The third-order valence-electron chi connectivity index (χ3n) is 2.76. The highest BCUT2D eigenvalue weighted by atomic mass is 79.9. The van der Waals surface area contributed by atoms with Crippen molar-refractivity contribution in [3.05, 3.63) is 26.9 Å².